The van der Waals surface area contributed by atoms with Crippen LogP contribution in [0.25, 0.3) is 0 Å². The minimum atomic E-state index is -1.05. The summed E-state index contributed by atoms with van der Waals surface area (Å²) in [4.78, 5) is 54.1. The van der Waals surface area contributed by atoms with E-state index in [9.17, 15) is 24.3 Å². The molecule has 0 aromatic heterocycles. The second kappa shape index (κ2) is 14.9. The summed E-state index contributed by atoms with van der Waals surface area (Å²) >= 11 is 1.43. The third-order valence-electron chi connectivity index (χ3n) is 7.53. The van der Waals surface area contributed by atoms with E-state index in [2.05, 4.69) is 10.6 Å². The van der Waals surface area contributed by atoms with Gasteiger partial charge in [-0.2, -0.15) is 11.8 Å². The SMILES string of the molecule is CS[C@H](C(=O)N[C@H](C(=O)N[C@H](C(=O)N(C)[C@H](/C=C(\C)C(=O)O)C(C)C)C(C)(C)C)C(C)C)C(C)(C)c1ccccc1. The van der Waals surface area contributed by atoms with Crippen LogP contribution in [0.15, 0.2) is 42.0 Å². The van der Waals surface area contributed by atoms with Crippen LogP contribution in [0.1, 0.15) is 74.8 Å². The first kappa shape index (κ1) is 36.2. The number of carbonyl (C=O) groups is 4. The monoisotopic (exact) mass is 589 g/mol. The first-order chi connectivity index (χ1) is 18.8. The zero-order valence-corrected chi connectivity index (χ0v) is 27.7. The summed E-state index contributed by atoms with van der Waals surface area (Å²) in [5, 5.41) is 14.8. The Morgan fingerprint density at radius 2 is 1.44 bits per heavy atom. The lowest BCUT2D eigenvalue weighted by atomic mass is 9.80. The molecule has 0 unspecified atom stereocenters. The number of benzene rings is 1. The number of thioether (sulfide) groups is 1. The fourth-order valence-corrected chi connectivity index (χ4v) is 5.83. The Morgan fingerprint density at radius 3 is 1.85 bits per heavy atom. The molecule has 0 fully saturated rings. The lowest BCUT2D eigenvalue weighted by Gasteiger charge is -2.38. The zero-order valence-electron chi connectivity index (χ0n) is 26.9. The van der Waals surface area contributed by atoms with Crippen LogP contribution in [-0.2, 0) is 24.6 Å². The smallest absolute Gasteiger partial charge is 0.331 e. The Kier molecular flexibility index (Phi) is 13.2. The van der Waals surface area contributed by atoms with E-state index in [0.29, 0.717) is 0 Å². The van der Waals surface area contributed by atoms with Gasteiger partial charge in [0.05, 0.1) is 11.3 Å². The Labute approximate surface area is 251 Å². The van der Waals surface area contributed by atoms with Crippen molar-refractivity contribution in [3.8, 4) is 0 Å². The maximum Gasteiger partial charge on any atom is 0.331 e. The first-order valence-corrected chi connectivity index (χ1v) is 15.4. The Bertz CT molecular complexity index is 1090. The van der Waals surface area contributed by atoms with Crippen LogP contribution in [0.2, 0.25) is 0 Å². The molecule has 230 valence electrons. The van der Waals surface area contributed by atoms with Crippen LogP contribution in [0.4, 0.5) is 0 Å². The number of hydrogen-bond acceptors (Lipinski definition) is 5. The molecule has 3 amide bonds. The summed E-state index contributed by atoms with van der Waals surface area (Å²) < 4.78 is 0. The number of aliphatic carboxylic acids is 1. The van der Waals surface area contributed by atoms with Crippen LogP contribution < -0.4 is 10.6 Å². The normalized spacial score (nSPS) is 15.6. The Hall–Kier alpha value is -2.81. The van der Waals surface area contributed by atoms with Gasteiger partial charge in [-0.25, -0.2) is 4.79 Å². The van der Waals surface area contributed by atoms with Crippen molar-refractivity contribution in [3.63, 3.8) is 0 Å². The molecular formula is C32H51N3O5S. The van der Waals surface area contributed by atoms with E-state index in [1.807, 2.05) is 98.9 Å². The number of amides is 3. The number of carboxylic acid groups (broad SMARTS) is 1. The van der Waals surface area contributed by atoms with Crippen molar-refractivity contribution in [2.45, 2.75) is 98.0 Å². The number of nitrogens with zero attached hydrogens (tertiary/aromatic N) is 1. The molecule has 1 rings (SSSR count). The molecule has 0 bridgehead atoms. The number of carbonyl (C=O) groups excluding carboxylic acids is 3. The molecule has 0 heterocycles. The van der Waals surface area contributed by atoms with Gasteiger partial charge in [0.15, 0.2) is 0 Å². The molecule has 0 radical (unpaired) electrons. The van der Waals surface area contributed by atoms with Gasteiger partial charge in [-0.05, 0) is 36.0 Å². The summed E-state index contributed by atoms with van der Waals surface area (Å²) in [6, 6.07) is 7.57. The largest absolute Gasteiger partial charge is 0.478 e. The van der Waals surface area contributed by atoms with E-state index >= 15 is 0 Å². The van der Waals surface area contributed by atoms with Crippen LogP contribution in [0.3, 0.4) is 0 Å². The first-order valence-electron chi connectivity index (χ1n) is 14.1. The lowest BCUT2D eigenvalue weighted by molar-refractivity contribution is -0.141. The summed E-state index contributed by atoms with van der Waals surface area (Å²) in [6.07, 6.45) is 3.45. The van der Waals surface area contributed by atoms with Crippen LogP contribution in [0, 0.1) is 17.3 Å². The van der Waals surface area contributed by atoms with Crippen molar-refractivity contribution in [1.29, 1.82) is 0 Å². The number of rotatable bonds is 13. The molecule has 0 aliphatic carbocycles. The molecule has 0 saturated heterocycles. The van der Waals surface area contributed by atoms with Gasteiger partial charge in [-0.3, -0.25) is 14.4 Å². The average molecular weight is 590 g/mol. The third kappa shape index (κ3) is 9.62. The molecular weight excluding hydrogens is 538 g/mol. The number of nitrogens with one attached hydrogen (secondary N) is 2. The van der Waals surface area contributed by atoms with E-state index < -0.39 is 46.1 Å². The molecule has 8 nitrogen and oxygen atoms in total. The van der Waals surface area contributed by atoms with Gasteiger partial charge < -0.3 is 20.6 Å². The number of hydrogen-bond donors (Lipinski definition) is 3. The summed E-state index contributed by atoms with van der Waals surface area (Å²) in [5.41, 5.74) is 0.0111. The minimum absolute atomic E-state index is 0.0614. The van der Waals surface area contributed by atoms with E-state index in [4.69, 9.17) is 0 Å². The van der Waals surface area contributed by atoms with E-state index in [0.717, 1.165) is 5.56 Å². The second-order valence-corrected chi connectivity index (χ2v) is 14.0. The molecule has 41 heavy (non-hydrogen) atoms. The standard InChI is InChI=1S/C32H51N3O5S/c1-19(2)23(18-21(5)30(39)40)35(11)29(38)25(31(6,7)8)34-27(36)24(20(3)4)33-28(37)26(41-12)32(9,10)22-16-14-13-15-17-22/h13-20,23-26H,1-12H3,(H,33,37)(H,34,36)(H,39,40)/b21-18+/t23-,24+,25-,26-/m1/s1. The number of likely N-dealkylation sites (N-methyl/N-ethyl adjacent to an activating group) is 1. The summed E-state index contributed by atoms with van der Waals surface area (Å²) in [6.45, 7) is 18.7. The second-order valence-electron chi connectivity index (χ2n) is 13.1. The van der Waals surface area contributed by atoms with E-state index in [1.165, 1.54) is 23.6 Å². The van der Waals surface area contributed by atoms with Crippen LogP contribution in [-0.4, -0.2) is 70.4 Å². The average Bonchev–Trinajstić information content (AvgIpc) is 2.87. The summed E-state index contributed by atoms with van der Waals surface area (Å²) in [5.74, 6) is -2.37. The summed E-state index contributed by atoms with van der Waals surface area (Å²) in [7, 11) is 1.62. The predicted octanol–water partition coefficient (Wildman–Crippen LogP) is 4.88. The van der Waals surface area contributed by atoms with Crippen molar-refractivity contribution in [2.24, 2.45) is 17.3 Å². The fraction of sp³-hybridized carbons (Fsp3) is 0.625. The molecule has 1 aromatic carbocycles. The van der Waals surface area contributed by atoms with Gasteiger partial charge in [0.1, 0.15) is 12.1 Å². The topological polar surface area (TPSA) is 116 Å². The van der Waals surface area contributed by atoms with Crippen molar-refractivity contribution in [2.75, 3.05) is 13.3 Å². The quantitative estimate of drug-likeness (QED) is 0.283. The van der Waals surface area contributed by atoms with Gasteiger partial charge in [-0.1, -0.05) is 98.7 Å². The fourth-order valence-electron chi connectivity index (χ4n) is 4.82. The highest BCUT2D eigenvalue weighted by Gasteiger charge is 2.41. The Balaban J connectivity index is 3.29. The minimum Gasteiger partial charge on any atom is -0.478 e. The van der Waals surface area contributed by atoms with E-state index in [1.54, 1.807) is 13.1 Å². The van der Waals surface area contributed by atoms with Gasteiger partial charge in [0.2, 0.25) is 17.7 Å². The van der Waals surface area contributed by atoms with Gasteiger partial charge in [-0.15, -0.1) is 0 Å². The molecule has 0 aliphatic heterocycles. The molecule has 0 aliphatic rings. The van der Waals surface area contributed by atoms with Crippen molar-refractivity contribution >= 4 is 35.5 Å². The predicted molar refractivity (Wildman–Crippen MR) is 168 cm³/mol. The van der Waals surface area contributed by atoms with E-state index in [-0.39, 0.29) is 29.2 Å². The maximum atomic E-state index is 13.8. The van der Waals surface area contributed by atoms with Crippen molar-refractivity contribution in [3.05, 3.63) is 47.5 Å². The van der Waals surface area contributed by atoms with Crippen molar-refractivity contribution in [1.82, 2.24) is 15.5 Å². The molecule has 0 saturated carbocycles. The Morgan fingerprint density at radius 1 is 0.902 bits per heavy atom. The maximum absolute atomic E-state index is 13.8. The number of carboxylic acids is 1. The molecule has 1 aromatic rings. The highest BCUT2D eigenvalue weighted by molar-refractivity contribution is 8.00. The molecule has 4 atom stereocenters. The highest BCUT2D eigenvalue weighted by Crippen LogP contribution is 2.34. The zero-order chi connectivity index (χ0) is 31.9. The van der Waals surface area contributed by atoms with Gasteiger partial charge in [0, 0.05) is 18.0 Å². The third-order valence-corrected chi connectivity index (χ3v) is 8.80. The van der Waals surface area contributed by atoms with Gasteiger partial charge in [0.25, 0.3) is 0 Å². The van der Waals surface area contributed by atoms with Crippen LogP contribution >= 0.6 is 11.8 Å². The molecule has 0 spiro atoms. The lowest BCUT2D eigenvalue weighted by Crippen LogP contribution is -2.61. The van der Waals surface area contributed by atoms with Gasteiger partial charge >= 0.3 is 5.97 Å². The van der Waals surface area contributed by atoms with Crippen LogP contribution in [0.5, 0.6) is 0 Å². The molecule has 3 N–H and O–H groups in total. The van der Waals surface area contributed by atoms with Crippen molar-refractivity contribution < 1.29 is 24.3 Å². The molecule has 9 heteroatoms. The highest BCUT2D eigenvalue weighted by atomic mass is 32.2.